The number of carbonyl (C=O) groups excluding carboxylic acids is 1. The Morgan fingerprint density at radius 1 is 0.966 bits per heavy atom. The van der Waals surface area contributed by atoms with E-state index >= 15 is 0 Å². The summed E-state index contributed by atoms with van der Waals surface area (Å²) in [5.41, 5.74) is 2.18. The van der Waals surface area contributed by atoms with Crippen LogP contribution in [0.5, 0.6) is 0 Å². The van der Waals surface area contributed by atoms with Gasteiger partial charge in [0.1, 0.15) is 0 Å². The quantitative estimate of drug-likeness (QED) is 0.757. The molecule has 1 aliphatic heterocycles. The first-order valence-corrected chi connectivity index (χ1v) is 11.4. The number of benzene rings is 2. The summed E-state index contributed by atoms with van der Waals surface area (Å²) >= 11 is 0. The molecule has 2 N–H and O–H groups in total. The van der Waals surface area contributed by atoms with Gasteiger partial charge in [-0.05, 0) is 56.3 Å². The zero-order valence-electron chi connectivity index (χ0n) is 16.5. The molecule has 0 atom stereocenters. The van der Waals surface area contributed by atoms with Crippen molar-refractivity contribution < 1.29 is 13.2 Å². The van der Waals surface area contributed by atoms with Crippen molar-refractivity contribution in [3.63, 3.8) is 0 Å². The van der Waals surface area contributed by atoms with Gasteiger partial charge in [0.25, 0.3) is 5.91 Å². The number of nitrogens with zero attached hydrogens (tertiary/aromatic N) is 2. The van der Waals surface area contributed by atoms with Crippen molar-refractivity contribution in [3.05, 3.63) is 54.1 Å². The third-order valence-corrected chi connectivity index (χ3v) is 6.86. The number of sulfonamides is 1. The average Bonchev–Trinajstić information content (AvgIpc) is 3.52. The predicted molar refractivity (Wildman–Crippen MR) is 114 cm³/mol. The monoisotopic (exact) mass is 414 g/mol. The number of nitrogens with one attached hydrogen (secondary N) is 2. The van der Waals surface area contributed by atoms with Crippen molar-refractivity contribution in [2.24, 2.45) is 0 Å². The van der Waals surface area contributed by atoms with E-state index in [2.05, 4.69) is 26.9 Å². The van der Waals surface area contributed by atoms with E-state index in [0.717, 1.165) is 50.4 Å². The normalized spacial score (nSPS) is 17.9. The largest absolute Gasteiger partial charge is 0.367 e. The maximum atomic E-state index is 12.7. The van der Waals surface area contributed by atoms with Crippen LogP contribution in [0, 0.1) is 0 Å². The van der Waals surface area contributed by atoms with E-state index in [0.29, 0.717) is 5.56 Å². The number of carbonyl (C=O) groups is 1. The molecular formula is C21H26N4O3S. The Labute approximate surface area is 171 Å². The molecule has 8 heteroatoms. The number of amides is 1. The number of hydrogen-bond donors (Lipinski definition) is 2. The molecule has 2 aromatic carbocycles. The Morgan fingerprint density at radius 3 is 2.28 bits per heavy atom. The van der Waals surface area contributed by atoms with Crippen LogP contribution < -0.4 is 14.9 Å². The summed E-state index contributed by atoms with van der Waals surface area (Å²) < 4.78 is 27.2. The van der Waals surface area contributed by atoms with Gasteiger partial charge in [-0.3, -0.25) is 4.79 Å². The highest BCUT2D eigenvalue weighted by Crippen LogP contribution is 2.27. The fraction of sp³-hybridized carbons (Fsp3) is 0.381. The van der Waals surface area contributed by atoms with Crippen molar-refractivity contribution in [1.82, 2.24) is 9.62 Å². The van der Waals surface area contributed by atoms with Gasteiger partial charge in [0.15, 0.2) is 0 Å². The molecule has 154 valence electrons. The Balaban J connectivity index is 1.47. The summed E-state index contributed by atoms with van der Waals surface area (Å²) in [4.78, 5) is 17.5. The standard InChI is InChI=1S/C21H26N4O3S/c1-24-12-14-25(15-13-24)20-5-3-2-4-19(20)22-21(26)16-6-10-18(11-7-16)29(27,28)23-17-8-9-17/h2-7,10-11,17,23H,8-9,12-15H2,1H3,(H,22,26). The van der Waals surface area contributed by atoms with E-state index in [1.165, 1.54) is 12.1 Å². The van der Waals surface area contributed by atoms with Crippen LogP contribution in [0.25, 0.3) is 0 Å². The third-order valence-electron chi connectivity index (χ3n) is 5.32. The van der Waals surface area contributed by atoms with Gasteiger partial charge in [-0.1, -0.05) is 12.1 Å². The van der Waals surface area contributed by atoms with E-state index in [9.17, 15) is 13.2 Å². The minimum atomic E-state index is -3.52. The molecule has 0 spiro atoms. The molecule has 1 saturated carbocycles. The number of piperazine rings is 1. The predicted octanol–water partition coefficient (Wildman–Crippen LogP) is 2.13. The highest BCUT2D eigenvalue weighted by molar-refractivity contribution is 7.89. The fourth-order valence-electron chi connectivity index (χ4n) is 3.37. The highest BCUT2D eigenvalue weighted by atomic mass is 32.2. The number of rotatable bonds is 6. The minimum Gasteiger partial charge on any atom is -0.367 e. The molecule has 7 nitrogen and oxygen atoms in total. The van der Waals surface area contributed by atoms with Crippen LogP contribution in [-0.4, -0.2) is 58.5 Å². The molecule has 0 radical (unpaired) electrons. The molecule has 0 aromatic heterocycles. The molecular weight excluding hydrogens is 388 g/mol. The Hall–Kier alpha value is -2.42. The molecule has 1 aliphatic carbocycles. The minimum absolute atomic E-state index is 0.0500. The summed E-state index contributed by atoms with van der Waals surface area (Å²) in [5.74, 6) is -0.259. The van der Waals surface area contributed by atoms with Crippen molar-refractivity contribution in [3.8, 4) is 0 Å². The lowest BCUT2D eigenvalue weighted by molar-refractivity contribution is 0.102. The molecule has 2 aromatic rings. The van der Waals surface area contributed by atoms with Gasteiger partial charge in [-0.25, -0.2) is 13.1 Å². The molecule has 1 amide bonds. The van der Waals surface area contributed by atoms with Crippen LogP contribution >= 0.6 is 0 Å². The first kappa shape index (κ1) is 19.9. The number of hydrogen-bond acceptors (Lipinski definition) is 5. The van der Waals surface area contributed by atoms with Crippen molar-refractivity contribution in [2.45, 2.75) is 23.8 Å². The van der Waals surface area contributed by atoms with Crippen molar-refractivity contribution in [2.75, 3.05) is 43.4 Å². The molecule has 1 saturated heterocycles. The Morgan fingerprint density at radius 2 is 1.62 bits per heavy atom. The number of likely N-dealkylation sites (N-methyl/N-ethyl adjacent to an activating group) is 1. The van der Waals surface area contributed by atoms with E-state index < -0.39 is 10.0 Å². The second kappa shape index (κ2) is 8.14. The molecule has 2 aliphatic rings. The van der Waals surface area contributed by atoms with Crippen LogP contribution in [0.15, 0.2) is 53.4 Å². The van der Waals surface area contributed by atoms with Gasteiger partial charge in [0, 0.05) is 37.8 Å². The fourth-order valence-corrected chi connectivity index (χ4v) is 4.68. The molecule has 29 heavy (non-hydrogen) atoms. The topological polar surface area (TPSA) is 81.8 Å². The Bertz CT molecular complexity index is 979. The molecule has 0 unspecified atom stereocenters. The van der Waals surface area contributed by atoms with Gasteiger partial charge in [0.2, 0.25) is 10.0 Å². The van der Waals surface area contributed by atoms with E-state index in [-0.39, 0.29) is 16.8 Å². The van der Waals surface area contributed by atoms with Crippen molar-refractivity contribution in [1.29, 1.82) is 0 Å². The third kappa shape index (κ3) is 4.77. The second-order valence-corrected chi connectivity index (χ2v) is 9.40. The molecule has 2 fully saturated rings. The summed E-state index contributed by atoms with van der Waals surface area (Å²) in [6.07, 6.45) is 1.76. The Kier molecular flexibility index (Phi) is 5.58. The summed E-state index contributed by atoms with van der Waals surface area (Å²) in [6, 6.07) is 13.9. The smallest absolute Gasteiger partial charge is 0.255 e. The van der Waals surface area contributed by atoms with E-state index in [1.54, 1.807) is 12.1 Å². The second-order valence-electron chi connectivity index (χ2n) is 7.68. The zero-order chi connectivity index (χ0) is 20.4. The number of para-hydroxylation sites is 2. The maximum absolute atomic E-state index is 12.7. The number of anilines is 2. The van der Waals surface area contributed by atoms with Crippen LogP contribution in [0.4, 0.5) is 11.4 Å². The first-order valence-electron chi connectivity index (χ1n) is 9.89. The van der Waals surface area contributed by atoms with E-state index in [4.69, 9.17) is 0 Å². The van der Waals surface area contributed by atoms with Gasteiger partial charge in [-0.2, -0.15) is 0 Å². The van der Waals surface area contributed by atoms with Crippen LogP contribution in [0.2, 0.25) is 0 Å². The SMILES string of the molecule is CN1CCN(c2ccccc2NC(=O)c2ccc(S(=O)(=O)NC3CC3)cc2)CC1. The molecule has 0 bridgehead atoms. The first-order chi connectivity index (χ1) is 13.9. The van der Waals surface area contributed by atoms with Gasteiger partial charge >= 0.3 is 0 Å². The van der Waals surface area contributed by atoms with Gasteiger partial charge in [0.05, 0.1) is 16.3 Å². The summed E-state index contributed by atoms with van der Waals surface area (Å²) in [6.45, 7) is 3.77. The lowest BCUT2D eigenvalue weighted by Crippen LogP contribution is -2.44. The average molecular weight is 415 g/mol. The van der Waals surface area contributed by atoms with Gasteiger partial charge in [-0.15, -0.1) is 0 Å². The summed E-state index contributed by atoms with van der Waals surface area (Å²) in [7, 11) is -1.41. The highest BCUT2D eigenvalue weighted by Gasteiger charge is 2.28. The lowest BCUT2D eigenvalue weighted by atomic mass is 10.2. The van der Waals surface area contributed by atoms with Crippen LogP contribution in [0.3, 0.4) is 0 Å². The van der Waals surface area contributed by atoms with Crippen molar-refractivity contribution >= 4 is 27.3 Å². The van der Waals surface area contributed by atoms with E-state index in [1.807, 2.05) is 24.3 Å². The van der Waals surface area contributed by atoms with Crippen LogP contribution in [-0.2, 0) is 10.0 Å². The van der Waals surface area contributed by atoms with Crippen LogP contribution in [0.1, 0.15) is 23.2 Å². The molecule has 4 rings (SSSR count). The zero-order valence-corrected chi connectivity index (χ0v) is 17.3. The molecule has 1 heterocycles. The lowest BCUT2D eigenvalue weighted by Gasteiger charge is -2.35. The summed E-state index contributed by atoms with van der Waals surface area (Å²) in [5, 5.41) is 2.98. The maximum Gasteiger partial charge on any atom is 0.255 e. The van der Waals surface area contributed by atoms with Gasteiger partial charge < -0.3 is 15.1 Å².